The van der Waals surface area contributed by atoms with Gasteiger partial charge in [0, 0.05) is 11.8 Å². The van der Waals surface area contributed by atoms with Gasteiger partial charge in [0.15, 0.2) is 0 Å². The minimum atomic E-state index is -4.61. The van der Waals surface area contributed by atoms with Gasteiger partial charge in [0.1, 0.15) is 0 Å². The summed E-state index contributed by atoms with van der Waals surface area (Å²) in [6.07, 6.45) is -3.68. The molecule has 1 aromatic heterocycles. The Labute approximate surface area is 112 Å². The van der Waals surface area contributed by atoms with Gasteiger partial charge in [-0.15, -0.1) is 0 Å². The van der Waals surface area contributed by atoms with Gasteiger partial charge >= 0.3 is 6.18 Å². The van der Waals surface area contributed by atoms with Crippen LogP contribution in [-0.4, -0.2) is 4.98 Å². The lowest BCUT2D eigenvalue weighted by atomic mass is 9.95. The molecule has 0 unspecified atom stereocenters. The van der Waals surface area contributed by atoms with E-state index in [0.717, 1.165) is 12.3 Å². The molecule has 0 saturated heterocycles. The van der Waals surface area contributed by atoms with Crippen molar-refractivity contribution in [3.05, 3.63) is 53.6 Å². The molecule has 0 atom stereocenters. The zero-order valence-corrected chi connectivity index (χ0v) is 10.1. The average Bonchev–Trinajstić information content (AvgIpc) is 2.38. The van der Waals surface area contributed by atoms with Crippen LogP contribution in [0.25, 0.3) is 11.1 Å². The number of nitrogens with zero attached hydrogens (tertiary/aromatic N) is 2. The summed E-state index contributed by atoms with van der Waals surface area (Å²) in [5.74, 6) is -1.02. The number of pyridine rings is 1. The maximum absolute atomic E-state index is 13.8. The number of benzene rings is 1. The number of alkyl halides is 3. The van der Waals surface area contributed by atoms with Crippen molar-refractivity contribution < 1.29 is 17.6 Å². The van der Waals surface area contributed by atoms with Gasteiger partial charge in [0.25, 0.3) is 0 Å². The van der Waals surface area contributed by atoms with Crippen LogP contribution in [0.2, 0.25) is 0 Å². The van der Waals surface area contributed by atoms with E-state index in [4.69, 9.17) is 5.26 Å². The minimum Gasteiger partial charge on any atom is -0.228 e. The first-order valence-corrected chi connectivity index (χ1v) is 5.62. The van der Waals surface area contributed by atoms with Gasteiger partial charge in [0.2, 0.25) is 5.95 Å². The van der Waals surface area contributed by atoms with Crippen LogP contribution in [0.3, 0.4) is 0 Å². The number of halogens is 4. The van der Waals surface area contributed by atoms with Crippen LogP contribution in [0, 0.1) is 17.3 Å². The molecule has 0 N–H and O–H groups in total. The lowest BCUT2D eigenvalue weighted by Gasteiger charge is -2.15. The molecule has 6 heteroatoms. The average molecular weight is 280 g/mol. The van der Waals surface area contributed by atoms with E-state index in [1.807, 2.05) is 0 Å². The predicted molar refractivity (Wildman–Crippen MR) is 64.0 cm³/mol. The van der Waals surface area contributed by atoms with Crippen molar-refractivity contribution in [2.45, 2.75) is 12.6 Å². The number of nitriles is 1. The van der Waals surface area contributed by atoms with E-state index in [-0.39, 0.29) is 23.1 Å². The second-order valence-electron chi connectivity index (χ2n) is 4.01. The monoisotopic (exact) mass is 280 g/mol. The smallest absolute Gasteiger partial charge is 0.228 e. The first-order chi connectivity index (χ1) is 9.45. The van der Waals surface area contributed by atoms with Crippen LogP contribution in [0.15, 0.2) is 36.5 Å². The highest BCUT2D eigenvalue weighted by molar-refractivity contribution is 5.71. The Kier molecular flexibility index (Phi) is 3.70. The fraction of sp³-hybridized carbons (Fsp3) is 0.143. The standard InChI is InChI=1S/C14H8F4N2/c15-13-12(9(5-7-19)6-8-20-13)10-3-1-2-4-11(10)14(16,17)18/h1-4,6,8H,5H2. The Bertz CT molecular complexity index is 672. The molecule has 2 aromatic rings. The van der Waals surface area contributed by atoms with E-state index in [1.54, 1.807) is 6.07 Å². The van der Waals surface area contributed by atoms with Crippen LogP contribution in [-0.2, 0) is 12.6 Å². The zero-order valence-electron chi connectivity index (χ0n) is 10.1. The predicted octanol–water partition coefficient (Wildman–Crippen LogP) is 3.97. The molecule has 0 saturated carbocycles. The van der Waals surface area contributed by atoms with Crippen molar-refractivity contribution in [3.63, 3.8) is 0 Å². The summed E-state index contributed by atoms with van der Waals surface area (Å²) in [5.41, 5.74) is -1.36. The van der Waals surface area contributed by atoms with Gasteiger partial charge in [-0.2, -0.15) is 22.8 Å². The molecular formula is C14H8F4N2. The van der Waals surface area contributed by atoms with Gasteiger partial charge in [0.05, 0.1) is 18.1 Å². The lowest BCUT2D eigenvalue weighted by Crippen LogP contribution is -2.08. The highest BCUT2D eigenvalue weighted by Gasteiger charge is 2.34. The molecule has 0 radical (unpaired) electrons. The van der Waals surface area contributed by atoms with E-state index in [0.29, 0.717) is 0 Å². The summed E-state index contributed by atoms with van der Waals surface area (Å²) in [4.78, 5) is 3.38. The molecule has 102 valence electrons. The largest absolute Gasteiger partial charge is 0.417 e. The molecule has 0 aliphatic heterocycles. The quantitative estimate of drug-likeness (QED) is 0.616. The molecule has 0 bridgehead atoms. The summed E-state index contributed by atoms with van der Waals surface area (Å²) >= 11 is 0. The van der Waals surface area contributed by atoms with E-state index in [1.165, 1.54) is 24.3 Å². The van der Waals surface area contributed by atoms with E-state index in [9.17, 15) is 17.6 Å². The normalized spacial score (nSPS) is 11.2. The second-order valence-corrected chi connectivity index (χ2v) is 4.01. The molecule has 2 rings (SSSR count). The SMILES string of the molecule is N#CCc1ccnc(F)c1-c1ccccc1C(F)(F)F. The lowest BCUT2D eigenvalue weighted by molar-refractivity contribution is -0.137. The number of hydrogen-bond donors (Lipinski definition) is 0. The van der Waals surface area contributed by atoms with Crippen molar-refractivity contribution >= 4 is 0 Å². The first-order valence-electron chi connectivity index (χ1n) is 5.62. The molecule has 0 aliphatic carbocycles. The zero-order chi connectivity index (χ0) is 14.8. The Balaban J connectivity index is 2.73. The van der Waals surface area contributed by atoms with E-state index < -0.39 is 17.7 Å². The Hall–Kier alpha value is -2.42. The maximum Gasteiger partial charge on any atom is 0.417 e. The third-order valence-electron chi connectivity index (χ3n) is 2.76. The van der Waals surface area contributed by atoms with E-state index >= 15 is 0 Å². The summed E-state index contributed by atoms with van der Waals surface area (Å²) in [6, 6.07) is 7.80. The number of aromatic nitrogens is 1. The number of hydrogen-bond acceptors (Lipinski definition) is 2. The first kappa shape index (κ1) is 14.0. The molecule has 2 nitrogen and oxygen atoms in total. The summed E-state index contributed by atoms with van der Waals surface area (Å²) in [5, 5.41) is 8.70. The van der Waals surface area contributed by atoms with Crippen molar-refractivity contribution in [2.75, 3.05) is 0 Å². The maximum atomic E-state index is 13.8. The fourth-order valence-electron chi connectivity index (χ4n) is 1.94. The second kappa shape index (κ2) is 5.29. The van der Waals surface area contributed by atoms with Crippen molar-refractivity contribution in [2.24, 2.45) is 0 Å². The third kappa shape index (κ3) is 2.62. The topological polar surface area (TPSA) is 36.7 Å². The molecule has 0 amide bonds. The van der Waals surface area contributed by atoms with Gasteiger partial charge in [-0.25, -0.2) is 4.98 Å². The van der Waals surface area contributed by atoms with Gasteiger partial charge < -0.3 is 0 Å². The Morgan fingerprint density at radius 2 is 1.85 bits per heavy atom. The molecule has 20 heavy (non-hydrogen) atoms. The van der Waals surface area contributed by atoms with Crippen LogP contribution >= 0.6 is 0 Å². The molecule has 0 spiro atoms. The van der Waals surface area contributed by atoms with Crippen LogP contribution in [0.1, 0.15) is 11.1 Å². The van der Waals surface area contributed by atoms with Crippen LogP contribution in [0.5, 0.6) is 0 Å². The van der Waals surface area contributed by atoms with Crippen LogP contribution in [0.4, 0.5) is 17.6 Å². The summed E-state index contributed by atoms with van der Waals surface area (Å²) < 4.78 is 52.8. The number of rotatable bonds is 2. The summed E-state index contributed by atoms with van der Waals surface area (Å²) in [6.45, 7) is 0. The Morgan fingerprint density at radius 1 is 1.15 bits per heavy atom. The third-order valence-corrected chi connectivity index (χ3v) is 2.76. The molecule has 1 aromatic carbocycles. The van der Waals surface area contributed by atoms with E-state index in [2.05, 4.69) is 4.98 Å². The van der Waals surface area contributed by atoms with Crippen LogP contribution < -0.4 is 0 Å². The molecule has 0 fully saturated rings. The fourth-order valence-corrected chi connectivity index (χ4v) is 1.94. The Morgan fingerprint density at radius 3 is 2.50 bits per heavy atom. The van der Waals surface area contributed by atoms with Gasteiger partial charge in [-0.3, -0.25) is 0 Å². The van der Waals surface area contributed by atoms with Gasteiger partial charge in [-0.1, -0.05) is 18.2 Å². The highest BCUT2D eigenvalue weighted by atomic mass is 19.4. The molecule has 1 heterocycles. The minimum absolute atomic E-state index is 0.178. The van der Waals surface area contributed by atoms with Crippen molar-refractivity contribution in [3.8, 4) is 17.2 Å². The molecule has 0 aliphatic rings. The summed E-state index contributed by atoms with van der Waals surface area (Å²) in [7, 11) is 0. The van der Waals surface area contributed by atoms with Crippen molar-refractivity contribution in [1.82, 2.24) is 4.98 Å². The highest BCUT2D eigenvalue weighted by Crippen LogP contribution is 2.38. The van der Waals surface area contributed by atoms with Gasteiger partial charge in [-0.05, 0) is 23.3 Å². The van der Waals surface area contributed by atoms with Crippen molar-refractivity contribution in [1.29, 1.82) is 5.26 Å². The molecular weight excluding hydrogens is 272 g/mol.